The second kappa shape index (κ2) is 8.47. The summed E-state index contributed by atoms with van der Waals surface area (Å²) in [7, 11) is 0. The summed E-state index contributed by atoms with van der Waals surface area (Å²) in [4.78, 5) is 17.6. The summed E-state index contributed by atoms with van der Waals surface area (Å²) in [6.07, 6.45) is 1.64. The molecule has 0 atom stereocenters. The first kappa shape index (κ1) is 19.8. The zero-order valence-electron chi connectivity index (χ0n) is 16.1. The van der Waals surface area contributed by atoms with Crippen molar-refractivity contribution in [1.82, 2.24) is 9.97 Å². The van der Waals surface area contributed by atoms with Crippen LogP contribution in [0.25, 0.3) is 22.7 Å². The number of aromatic amines is 1. The monoisotopic (exact) mass is 414 g/mol. The maximum Gasteiger partial charge on any atom is 0.269 e. The number of benzene rings is 3. The molecule has 0 amide bonds. The third-order valence-corrected chi connectivity index (χ3v) is 4.58. The smallest absolute Gasteiger partial charge is 0.269 e. The molecular weight excluding hydrogens is 399 g/mol. The van der Waals surface area contributed by atoms with Gasteiger partial charge in [-0.05, 0) is 48.0 Å². The Morgan fingerprint density at radius 2 is 1.97 bits per heavy atom. The molecule has 4 rings (SSSR count). The molecule has 0 aliphatic heterocycles. The summed E-state index contributed by atoms with van der Waals surface area (Å²) in [5, 5.41) is 20.4. The number of rotatable bonds is 6. The summed E-state index contributed by atoms with van der Waals surface area (Å²) < 4.78 is 19.3. The number of aromatic nitrogens is 2. The summed E-state index contributed by atoms with van der Waals surface area (Å²) in [6, 6.07) is 19.6. The summed E-state index contributed by atoms with van der Waals surface area (Å²) >= 11 is 0. The van der Waals surface area contributed by atoms with Gasteiger partial charge in [-0.15, -0.1) is 0 Å². The van der Waals surface area contributed by atoms with Crippen molar-refractivity contribution in [3.63, 3.8) is 0 Å². The molecule has 1 aromatic heterocycles. The van der Waals surface area contributed by atoms with Gasteiger partial charge in [0, 0.05) is 17.7 Å². The van der Waals surface area contributed by atoms with E-state index in [-0.39, 0.29) is 17.9 Å². The number of H-pyrrole nitrogens is 1. The Morgan fingerprint density at radius 1 is 1.19 bits per heavy atom. The van der Waals surface area contributed by atoms with E-state index in [1.165, 1.54) is 24.3 Å². The summed E-state index contributed by atoms with van der Waals surface area (Å²) in [6.45, 7) is 0.203. The minimum absolute atomic E-state index is 0.0106. The molecule has 0 radical (unpaired) electrons. The van der Waals surface area contributed by atoms with Crippen molar-refractivity contribution in [2.45, 2.75) is 6.61 Å². The Morgan fingerprint density at radius 3 is 2.71 bits per heavy atom. The highest BCUT2D eigenvalue weighted by Crippen LogP contribution is 2.26. The molecule has 0 aliphatic carbocycles. The SMILES string of the molecule is N#C/C(=C/c1ccccc1OCc1ccc([N+](=O)[O-])cc1)c1nc2ccc(F)cc2[nH]1. The van der Waals surface area contributed by atoms with Gasteiger partial charge in [0.25, 0.3) is 5.69 Å². The van der Waals surface area contributed by atoms with Gasteiger partial charge in [0.15, 0.2) is 0 Å². The van der Waals surface area contributed by atoms with Crippen LogP contribution in [0.4, 0.5) is 10.1 Å². The van der Waals surface area contributed by atoms with Crippen LogP contribution in [0.5, 0.6) is 5.75 Å². The van der Waals surface area contributed by atoms with Crippen LogP contribution >= 0.6 is 0 Å². The Hall–Kier alpha value is -4.51. The molecule has 0 saturated carbocycles. The molecule has 1 heterocycles. The lowest BCUT2D eigenvalue weighted by molar-refractivity contribution is -0.384. The van der Waals surface area contributed by atoms with Gasteiger partial charge in [-0.25, -0.2) is 9.37 Å². The molecule has 0 unspecified atom stereocenters. The van der Waals surface area contributed by atoms with E-state index in [1.807, 2.05) is 6.07 Å². The molecule has 7 nitrogen and oxygen atoms in total. The van der Waals surface area contributed by atoms with E-state index >= 15 is 0 Å². The van der Waals surface area contributed by atoms with Gasteiger partial charge >= 0.3 is 0 Å². The number of hydrogen-bond acceptors (Lipinski definition) is 5. The Balaban J connectivity index is 1.59. The van der Waals surface area contributed by atoms with Crippen LogP contribution in [0.3, 0.4) is 0 Å². The van der Waals surface area contributed by atoms with Gasteiger partial charge in [0.2, 0.25) is 0 Å². The fraction of sp³-hybridized carbons (Fsp3) is 0.0435. The van der Waals surface area contributed by atoms with Crippen molar-refractivity contribution >= 4 is 28.4 Å². The third kappa shape index (κ3) is 4.41. The van der Waals surface area contributed by atoms with Crippen molar-refractivity contribution < 1.29 is 14.1 Å². The second-order valence-electron chi connectivity index (χ2n) is 6.67. The number of nitro benzene ring substituents is 1. The fourth-order valence-corrected chi connectivity index (χ4v) is 3.02. The Labute approximate surface area is 176 Å². The first-order chi connectivity index (χ1) is 15.0. The number of nitriles is 1. The lowest BCUT2D eigenvalue weighted by Gasteiger charge is -2.09. The maximum absolute atomic E-state index is 13.4. The molecule has 8 heteroatoms. The number of nitro groups is 1. The molecular formula is C23H15FN4O3. The van der Waals surface area contributed by atoms with E-state index < -0.39 is 10.7 Å². The molecule has 1 N–H and O–H groups in total. The number of para-hydroxylation sites is 1. The largest absolute Gasteiger partial charge is 0.488 e. The maximum atomic E-state index is 13.4. The van der Waals surface area contributed by atoms with E-state index in [4.69, 9.17) is 4.74 Å². The van der Waals surface area contributed by atoms with Crippen molar-refractivity contribution in [3.05, 3.63) is 99.6 Å². The zero-order valence-corrected chi connectivity index (χ0v) is 16.1. The quantitative estimate of drug-likeness (QED) is 0.263. The molecule has 31 heavy (non-hydrogen) atoms. The van der Waals surface area contributed by atoms with Gasteiger partial charge in [-0.2, -0.15) is 5.26 Å². The Kier molecular flexibility index (Phi) is 5.41. The minimum atomic E-state index is -0.458. The zero-order chi connectivity index (χ0) is 21.8. The number of allylic oxidation sites excluding steroid dienone is 1. The van der Waals surface area contributed by atoms with Gasteiger partial charge in [0.1, 0.15) is 30.1 Å². The second-order valence-corrected chi connectivity index (χ2v) is 6.67. The average Bonchev–Trinajstić information content (AvgIpc) is 3.19. The van der Waals surface area contributed by atoms with Gasteiger partial charge in [-0.3, -0.25) is 10.1 Å². The highest BCUT2D eigenvalue weighted by Gasteiger charge is 2.11. The average molecular weight is 414 g/mol. The molecule has 152 valence electrons. The summed E-state index contributed by atoms with van der Waals surface area (Å²) in [5.41, 5.74) is 2.76. The highest BCUT2D eigenvalue weighted by atomic mass is 19.1. The summed E-state index contributed by atoms with van der Waals surface area (Å²) in [5.74, 6) is 0.471. The lowest BCUT2D eigenvalue weighted by atomic mass is 10.1. The number of nitrogens with zero attached hydrogens (tertiary/aromatic N) is 3. The molecule has 0 fully saturated rings. The molecule has 0 spiro atoms. The van der Waals surface area contributed by atoms with Crippen LogP contribution in [0.15, 0.2) is 66.7 Å². The van der Waals surface area contributed by atoms with Crippen LogP contribution in [-0.2, 0) is 6.61 Å². The van der Waals surface area contributed by atoms with Crippen molar-refractivity contribution in [1.29, 1.82) is 5.26 Å². The molecule has 4 aromatic rings. The van der Waals surface area contributed by atoms with E-state index in [1.54, 1.807) is 42.5 Å². The van der Waals surface area contributed by atoms with Crippen LogP contribution in [-0.4, -0.2) is 14.9 Å². The number of nitrogens with one attached hydrogen (secondary N) is 1. The number of hydrogen-bond donors (Lipinski definition) is 1. The molecule has 3 aromatic carbocycles. The van der Waals surface area contributed by atoms with Crippen LogP contribution < -0.4 is 4.74 Å². The number of imidazole rings is 1. The minimum Gasteiger partial charge on any atom is -0.488 e. The van der Waals surface area contributed by atoms with Crippen molar-refractivity contribution in [3.8, 4) is 11.8 Å². The van der Waals surface area contributed by atoms with Crippen LogP contribution in [0, 0.1) is 27.3 Å². The Bertz CT molecular complexity index is 1340. The molecule has 0 aliphatic rings. The first-order valence-corrected chi connectivity index (χ1v) is 9.26. The topological polar surface area (TPSA) is 105 Å². The number of ether oxygens (including phenoxy) is 1. The number of non-ortho nitro benzene ring substituents is 1. The van der Waals surface area contributed by atoms with E-state index in [9.17, 15) is 19.8 Å². The highest BCUT2D eigenvalue weighted by molar-refractivity contribution is 5.91. The van der Waals surface area contributed by atoms with Crippen molar-refractivity contribution in [2.75, 3.05) is 0 Å². The van der Waals surface area contributed by atoms with Crippen LogP contribution in [0.2, 0.25) is 0 Å². The fourth-order valence-electron chi connectivity index (χ4n) is 3.02. The predicted octanol–water partition coefficient (Wildman–Crippen LogP) is 5.25. The lowest BCUT2D eigenvalue weighted by Crippen LogP contribution is -1.98. The van der Waals surface area contributed by atoms with Crippen LogP contribution in [0.1, 0.15) is 17.0 Å². The predicted molar refractivity (Wildman–Crippen MR) is 113 cm³/mol. The normalized spacial score (nSPS) is 11.3. The number of fused-ring (bicyclic) bond motifs is 1. The number of halogens is 1. The van der Waals surface area contributed by atoms with Gasteiger partial charge in [-0.1, -0.05) is 18.2 Å². The van der Waals surface area contributed by atoms with Gasteiger partial charge in [0.05, 0.1) is 21.5 Å². The third-order valence-electron chi connectivity index (χ3n) is 4.58. The van der Waals surface area contributed by atoms with E-state index in [0.717, 1.165) is 5.56 Å². The van der Waals surface area contributed by atoms with E-state index in [2.05, 4.69) is 16.0 Å². The van der Waals surface area contributed by atoms with Gasteiger partial charge < -0.3 is 9.72 Å². The molecule has 0 bridgehead atoms. The molecule has 0 saturated heterocycles. The van der Waals surface area contributed by atoms with E-state index in [0.29, 0.717) is 28.2 Å². The standard InChI is InChI=1S/C23H15FN4O3/c24-18-7-10-20-21(12-18)27-23(26-20)17(13-25)11-16-3-1-2-4-22(16)31-14-15-5-8-19(9-6-15)28(29)30/h1-12H,14H2,(H,26,27)/b17-11-. The first-order valence-electron chi connectivity index (χ1n) is 9.26. The van der Waals surface area contributed by atoms with Crippen molar-refractivity contribution in [2.24, 2.45) is 0 Å².